The summed E-state index contributed by atoms with van der Waals surface area (Å²) in [4.78, 5) is 0. The van der Waals surface area contributed by atoms with Gasteiger partial charge in [-0.25, -0.2) is 0 Å². The molecule has 82 valence electrons. The first kappa shape index (κ1) is 10.7. The van der Waals surface area contributed by atoms with E-state index in [4.69, 9.17) is 4.74 Å². The van der Waals surface area contributed by atoms with Crippen LogP contribution in [-0.2, 0) is 0 Å². The zero-order chi connectivity index (χ0) is 11.4. The molecular weight excluding hydrogens is 196 g/mol. The summed E-state index contributed by atoms with van der Waals surface area (Å²) in [6.45, 7) is 2.22. The fourth-order valence-electron chi connectivity index (χ4n) is 1.83. The Labute approximate surface area is 96.7 Å². The highest BCUT2D eigenvalue weighted by Gasteiger charge is 2.07. The Bertz CT molecular complexity index is 431. The van der Waals surface area contributed by atoms with Crippen molar-refractivity contribution in [3.63, 3.8) is 0 Å². The fourth-order valence-corrected chi connectivity index (χ4v) is 1.83. The van der Waals surface area contributed by atoms with Crippen molar-refractivity contribution >= 4 is 0 Å². The van der Waals surface area contributed by atoms with E-state index in [9.17, 15) is 0 Å². The number of rotatable bonds is 3. The smallest absolute Gasteiger partial charge is 0.118 e. The lowest BCUT2D eigenvalue weighted by atomic mass is 9.93. The van der Waals surface area contributed by atoms with Crippen molar-refractivity contribution in [2.45, 2.75) is 12.8 Å². The SMILES string of the molecule is COc1ccc(C(C)c2ccccc2)cc1. The first-order valence-corrected chi connectivity index (χ1v) is 5.50. The predicted octanol–water partition coefficient (Wildman–Crippen LogP) is 3.85. The van der Waals surface area contributed by atoms with E-state index in [1.807, 2.05) is 18.2 Å². The Kier molecular flexibility index (Phi) is 3.25. The van der Waals surface area contributed by atoms with Crippen LogP contribution in [0.5, 0.6) is 5.75 Å². The van der Waals surface area contributed by atoms with E-state index in [1.165, 1.54) is 11.1 Å². The quantitative estimate of drug-likeness (QED) is 0.751. The van der Waals surface area contributed by atoms with Gasteiger partial charge < -0.3 is 4.74 Å². The van der Waals surface area contributed by atoms with Crippen molar-refractivity contribution < 1.29 is 4.74 Å². The molecule has 2 aromatic rings. The normalized spacial score (nSPS) is 12.1. The van der Waals surface area contributed by atoms with Crippen LogP contribution in [0.15, 0.2) is 54.6 Å². The third kappa shape index (κ3) is 2.25. The Morgan fingerprint density at radius 2 is 1.38 bits per heavy atom. The maximum atomic E-state index is 5.15. The lowest BCUT2D eigenvalue weighted by Gasteiger charge is -2.12. The molecule has 0 heterocycles. The van der Waals surface area contributed by atoms with Crippen LogP contribution < -0.4 is 4.74 Å². The molecular formula is C15H16O. The zero-order valence-electron chi connectivity index (χ0n) is 9.68. The summed E-state index contributed by atoms with van der Waals surface area (Å²) in [5, 5.41) is 0. The van der Waals surface area contributed by atoms with Crippen molar-refractivity contribution in [1.29, 1.82) is 0 Å². The largest absolute Gasteiger partial charge is 0.497 e. The summed E-state index contributed by atoms with van der Waals surface area (Å²) in [5.74, 6) is 1.33. The maximum absolute atomic E-state index is 5.15. The number of methoxy groups -OCH3 is 1. The van der Waals surface area contributed by atoms with E-state index in [-0.39, 0.29) is 0 Å². The molecule has 1 heteroatoms. The molecule has 0 aliphatic rings. The van der Waals surface area contributed by atoms with Gasteiger partial charge in [0, 0.05) is 5.92 Å². The first-order valence-electron chi connectivity index (χ1n) is 5.50. The van der Waals surface area contributed by atoms with E-state index in [2.05, 4.69) is 43.3 Å². The van der Waals surface area contributed by atoms with Crippen LogP contribution in [-0.4, -0.2) is 7.11 Å². The van der Waals surface area contributed by atoms with Crippen LogP contribution >= 0.6 is 0 Å². The molecule has 0 aliphatic carbocycles. The molecule has 0 N–H and O–H groups in total. The molecule has 1 nitrogen and oxygen atoms in total. The number of ether oxygens (including phenoxy) is 1. The summed E-state index contributed by atoms with van der Waals surface area (Å²) >= 11 is 0. The van der Waals surface area contributed by atoms with Gasteiger partial charge in [0.05, 0.1) is 7.11 Å². The Morgan fingerprint density at radius 1 is 0.812 bits per heavy atom. The molecule has 0 aliphatic heterocycles. The summed E-state index contributed by atoms with van der Waals surface area (Å²) in [5.41, 5.74) is 2.65. The molecule has 0 aromatic heterocycles. The molecule has 0 fully saturated rings. The van der Waals surface area contributed by atoms with Gasteiger partial charge in [-0.2, -0.15) is 0 Å². The molecule has 16 heavy (non-hydrogen) atoms. The molecule has 0 amide bonds. The average Bonchev–Trinajstić information content (AvgIpc) is 2.39. The summed E-state index contributed by atoms with van der Waals surface area (Å²) in [6, 6.07) is 18.8. The van der Waals surface area contributed by atoms with Crippen molar-refractivity contribution in [3.8, 4) is 5.75 Å². The van der Waals surface area contributed by atoms with E-state index < -0.39 is 0 Å². The van der Waals surface area contributed by atoms with Crippen LogP contribution in [0.2, 0.25) is 0 Å². The average molecular weight is 212 g/mol. The minimum Gasteiger partial charge on any atom is -0.497 e. The first-order chi connectivity index (χ1) is 7.81. The van der Waals surface area contributed by atoms with Gasteiger partial charge in [-0.05, 0) is 23.3 Å². The molecule has 0 radical (unpaired) electrons. The monoisotopic (exact) mass is 212 g/mol. The summed E-state index contributed by atoms with van der Waals surface area (Å²) in [7, 11) is 1.69. The number of hydrogen-bond acceptors (Lipinski definition) is 1. The number of hydrogen-bond donors (Lipinski definition) is 0. The standard InChI is InChI=1S/C15H16O/c1-12(13-6-4-3-5-7-13)14-8-10-15(16-2)11-9-14/h3-12H,1-2H3. The van der Waals surface area contributed by atoms with E-state index in [0.29, 0.717) is 5.92 Å². The molecule has 1 unspecified atom stereocenters. The van der Waals surface area contributed by atoms with Crippen LogP contribution in [0, 0.1) is 0 Å². The molecule has 0 bridgehead atoms. The summed E-state index contributed by atoms with van der Waals surface area (Å²) in [6.07, 6.45) is 0. The van der Waals surface area contributed by atoms with Crippen LogP contribution in [0.3, 0.4) is 0 Å². The molecule has 0 spiro atoms. The van der Waals surface area contributed by atoms with Crippen LogP contribution in [0.1, 0.15) is 24.0 Å². The van der Waals surface area contributed by atoms with Crippen molar-refractivity contribution in [2.24, 2.45) is 0 Å². The third-order valence-electron chi connectivity index (χ3n) is 2.92. The Morgan fingerprint density at radius 3 is 1.94 bits per heavy atom. The van der Waals surface area contributed by atoms with Gasteiger partial charge in [0.25, 0.3) is 0 Å². The second kappa shape index (κ2) is 4.84. The van der Waals surface area contributed by atoms with Gasteiger partial charge in [0.1, 0.15) is 5.75 Å². The highest BCUT2D eigenvalue weighted by Crippen LogP contribution is 2.25. The van der Waals surface area contributed by atoms with Crippen LogP contribution in [0.4, 0.5) is 0 Å². The van der Waals surface area contributed by atoms with Crippen molar-refractivity contribution in [1.82, 2.24) is 0 Å². The van der Waals surface area contributed by atoms with E-state index in [1.54, 1.807) is 7.11 Å². The maximum Gasteiger partial charge on any atom is 0.118 e. The van der Waals surface area contributed by atoms with Crippen molar-refractivity contribution in [2.75, 3.05) is 7.11 Å². The highest BCUT2D eigenvalue weighted by molar-refractivity contribution is 5.35. The Balaban J connectivity index is 2.24. The molecule has 2 aromatic carbocycles. The number of benzene rings is 2. The van der Waals surface area contributed by atoms with Gasteiger partial charge in [-0.3, -0.25) is 0 Å². The predicted molar refractivity (Wildman–Crippen MR) is 67.0 cm³/mol. The highest BCUT2D eigenvalue weighted by atomic mass is 16.5. The van der Waals surface area contributed by atoms with Gasteiger partial charge in [-0.1, -0.05) is 49.4 Å². The summed E-state index contributed by atoms with van der Waals surface area (Å²) < 4.78 is 5.15. The zero-order valence-corrected chi connectivity index (χ0v) is 9.68. The lowest BCUT2D eigenvalue weighted by molar-refractivity contribution is 0.414. The van der Waals surface area contributed by atoms with Gasteiger partial charge in [-0.15, -0.1) is 0 Å². The van der Waals surface area contributed by atoms with Crippen molar-refractivity contribution in [3.05, 3.63) is 65.7 Å². The molecule has 2 rings (SSSR count). The minimum atomic E-state index is 0.423. The fraction of sp³-hybridized carbons (Fsp3) is 0.200. The molecule has 0 saturated carbocycles. The van der Waals surface area contributed by atoms with Crippen LogP contribution in [0.25, 0.3) is 0 Å². The van der Waals surface area contributed by atoms with E-state index in [0.717, 1.165) is 5.75 Å². The topological polar surface area (TPSA) is 9.23 Å². The third-order valence-corrected chi connectivity index (χ3v) is 2.92. The Hall–Kier alpha value is -1.76. The minimum absolute atomic E-state index is 0.423. The van der Waals surface area contributed by atoms with Gasteiger partial charge in [0.2, 0.25) is 0 Å². The molecule has 0 saturated heterocycles. The van der Waals surface area contributed by atoms with Gasteiger partial charge >= 0.3 is 0 Å². The van der Waals surface area contributed by atoms with E-state index >= 15 is 0 Å². The molecule has 1 atom stereocenters. The van der Waals surface area contributed by atoms with Gasteiger partial charge in [0.15, 0.2) is 0 Å². The second-order valence-electron chi connectivity index (χ2n) is 3.91. The second-order valence-corrected chi connectivity index (χ2v) is 3.91. The lowest BCUT2D eigenvalue weighted by Crippen LogP contribution is -1.95.